The molecular weight excluding hydrogens is 272 g/mol. The van der Waals surface area contributed by atoms with Gasteiger partial charge >= 0.3 is 11.9 Å². The molecule has 1 rings (SSSR count). The van der Waals surface area contributed by atoms with Crippen LogP contribution >= 0.6 is 11.8 Å². The number of thioether (sulfide) groups is 1. The summed E-state index contributed by atoms with van der Waals surface area (Å²) in [6.45, 7) is 4.23. The second kappa shape index (κ2) is 6.74. The maximum Gasteiger partial charge on any atom is 0.348 e. The predicted molar refractivity (Wildman–Crippen MR) is 67.8 cm³/mol. The molecule has 8 heteroatoms. The maximum atomic E-state index is 11.5. The minimum Gasteiger partial charge on any atom is -0.425 e. The van der Waals surface area contributed by atoms with Crippen molar-refractivity contribution >= 4 is 23.7 Å². The molecule has 0 atom stereocenters. The van der Waals surface area contributed by atoms with Crippen molar-refractivity contribution in [3.63, 3.8) is 0 Å². The molecule has 0 aliphatic rings. The van der Waals surface area contributed by atoms with Crippen LogP contribution in [0, 0.1) is 0 Å². The number of nitrogens with zero attached hydrogens (tertiary/aromatic N) is 1. The number of carbonyl (C=O) groups excluding carboxylic acids is 2. The largest absolute Gasteiger partial charge is 0.425 e. The van der Waals surface area contributed by atoms with Crippen molar-refractivity contribution < 1.29 is 19.1 Å². The summed E-state index contributed by atoms with van der Waals surface area (Å²) in [7, 11) is 0. The average molecular weight is 284 g/mol. The van der Waals surface area contributed by atoms with Crippen LogP contribution in [0.25, 0.3) is 0 Å². The Bertz CT molecular complexity index is 566. The predicted octanol–water partition coefficient (Wildman–Crippen LogP) is 0.725. The number of H-pyrrole nitrogens is 1. The number of ether oxygens (including phenoxy) is 2. The zero-order valence-corrected chi connectivity index (χ0v) is 11.2. The molecule has 0 aliphatic carbocycles. The molecule has 0 saturated carbocycles. The highest BCUT2D eigenvalue weighted by Gasteiger charge is 2.14. The van der Waals surface area contributed by atoms with Gasteiger partial charge in [0.05, 0.1) is 0 Å². The minimum absolute atomic E-state index is 0.180. The van der Waals surface area contributed by atoms with Crippen LogP contribution in [0.5, 0.6) is 0 Å². The van der Waals surface area contributed by atoms with E-state index >= 15 is 0 Å². The molecule has 1 aromatic heterocycles. The first-order valence-electron chi connectivity index (χ1n) is 5.08. The van der Waals surface area contributed by atoms with E-state index in [1.807, 2.05) is 0 Å². The van der Waals surface area contributed by atoms with E-state index in [1.165, 1.54) is 18.7 Å². The van der Waals surface area contributed by atoms with E-state index < -0.39 is 24.3 Å². The Balaban J connectivity index is 2.62. The zero-order chi connectivity index (χ0) is 14.4. The summed E-state index contributed by atoms with van der Waals surface area (Å²) in [5.74, 6) is -1.60. The van der Waals surface area contributed by atoms with Crippen LogP contribution in [0.2, 0.25) is 0 Å². The summed E-state index contributed by atoms with van der Waals surface area (Å²) >= 11 is 1.23. The molecule has 0 bridgehead atoms. The normalized spacial score (nSPS) is 9.79. The molecule has 1 heterocycles. The van der Waals surface area contributed by atoms with Crippen molar-refractivity contribution in [3.05, 3.63) is 34.3 Å². The van der Waals surface area contributed by atoms with E-state index in [1.54, 1.807) is 6.26 Å². The highest BCUT2D eigenvalue weighted by Crippen LogP contribution is 2.04. The molecule has 0 aromatic carbocycles. The number of aromatic nitrogens is 2. The van der Waals surface area contributed by atoms with Crippen LogP contribution < -0.4 is 5.56 Å². The Labute approximate surface area is 113 Å². The van der Waals surface area contributed by atoms with Gasteiger partial charge in [0.25, 0.3) is 5.56 Å². The number of nitrogens with one attached hydrogen (secondary N) is 1. The zero-order valence-electron chi connectivity index (χ0n) is 10.4. The fraction of sp³-hybridized carbons (Fsp3) is 0.273. The Morgan fingerprint density at radius 2 is 2.16 bits per heavy atom. The molecule has 0 aliphatic heterocycles. The lowest BCUT2D eigenvalue weighted by atomic mass is 10.3. The number of hydrogen-bond donors (Lipinski definition) is 1. The van der Waals surface area contributed by atoms with Crippen LogP contribution in [0.3, 0.4) is 0 Å². The summed E-state index contributed by atoms with van der Waals surface area (Å²) in [6.07, 6.45) is 2.83. The summed E-state index contributed by atoms with van der Waals surface area (Å²) in [6, 6.07) is 0. The Morgan fingerprint density at radius 3 is 2.68 bits per heavy atom. The third kappa shape index (κ3) is 4.25. The average Bonchev–Trinajstić information content (AvgIpc) is 2.37. The van der Waals surface area contributed by atoms with Gasteiger partial charge in [-0.1, -0.05) is 18.3 Å². The Kier molecular flexibility index (Phi) is 5.31. The molecular formula is C11H12N2O5S. The molecule has 0 fully saturated rings. The van der Waals surface area contributed by atoms with Crippen LogP contribution in [-0.4, -0.2) is 35.0 Å². The molecule has 7 nitrogen and oxygen atoms in total. The lowest BCUT2D eigenvalue weighted by molar-refractivity contribution is -0.147. The first-order valence-corrected chi connectivity index (χ1v) is 6.31. The summed E-state index contributed by atoms with van der Waals surface area (Å²) in [5.41, 5.74) is -0.695. The first-order chi connectivity index (χ1) is 8.95. The Hall–Kier alpha value is -2.09. The van der Waals surface area contributed by atoms with Crippen molar-refractivity contribution in [1.82, 2.24) is 9.97 Å². The lowest BCUT2D eigenvalue weighted by Gasteiger charge is -2.05. The third-order valence-corrected chi connectivity index (χ3v) is 2.51. The molecule has 102 valence electrons. The quantitative estimate of drug-likeness (QED) is 0.280. The van der Waals surface area contributed by atoms with Gasteiger partial charge in [-0.25, -0.2) is 14.6 Å². The fourth-order valence-corrected chi connectivity index (χ4v) is 1.32. The topological polar surface area (TPSA) is 98.3 Å². The Morgan fingerprint density at radius 1 is 1.47 bits per heavy atom. The molecule has 0 radical (unpaired) electrons. The third-order valence-electron chi connectivity index (χ3n) is 1.92. The van der Waals surface area contributed by atoms with Gasteiger partial charge in [-0.05, 0) is 13.2 Å². The number of hydrogen-bond acceptors (Lipinski definition) is 7. The van der Waals surface area contributed by atoms with Crippen LogP contribution in [0.15, 0.2) is 28.3 Å². The maximum absolute atomic E-state index is 11.5. The van der Waals surface area contributed by atoms with Crippen LogP contribution in [0.1, 0.15) is 17.3 Å². The lowest BCUT2D eigenvalue weighted by Crippen LogP contribution is -2.22. The van der Waals surface area contributed by atoms with E-state index in [0.717, 1.165) is 6.20 Å². The monoisotopic (exact) mass is 284 g/mol. The van der Waals surface area contributed by atoms with Gasteiger partial charge in [0.2, 0.25) is 6.79 Å². The smallest absolute Gasteiger partial charge is 0.348 e. The van der Waals surface area contributed by atoms with Crippen molar-refractivity contribution in [1.29, 1.82) is 0 Å². The van der Waals surface area contributed by atoms with Gasteiger partial charge in [0.15, 0.2) is 5.16 Å². The van der Waals surface area contributed by atoms with Gasteiger partial charge in [0.1, 0.15) is 5.56 Å². The molecule has 19 heavy (non-hydrogen) atoms. The number of aromatic amines is 1. The van der Waals surface area contributed by atoms with Gasteiger partial charge in [-0.3, -0.25) is 4.79 Å². The van der Waals surface area contributed by atoms with Gasteiger partial charge in [-0.15, -0.1) is 0 Å². The molecule has 0 amide bonds. The molecule has 1 aromatic rings. The van der Waals surface area contributed by atoms with Crippen molar-refractivity contribution in [2.24, 2.45) is 0 Å². The van der Waals surface area contributed by atoms with Crippen LogP contribution in [0.4, 0.5) is 0 Å². The standard InChI is InChI=1S/C11H12N2O5S/c1-6(2)9(15)17-5-18-10(16)7-4-12-11(19-3)13-8(7)14/h4H,1,5H2,2-3H3,(H,12,13,14). The summed E-state index contributed by atoms with van der Waals surface area (Å²) in [4.78, 5) is 40.3. The second-order valence-electron chi connectivity index (χ2n) is 3.40. The van der Waals surface area contributed by atoms with Gasteiger partial charge in [0, 0.05) is 11.8 Å². The minimum atomic E-state index is -0.920. The highest BCUT2D eigenvalue weighted by atomic mass is 32.2. The molecule has 1 N–H and O–H groups in total. The fourth-order valence-electron chi connectivity index (χ4n) is 0.965. The first kappa shape index (κ1) is 15.0. The van der Waals surface area contributed by atoms with E-state index in [0.29, 0.717) is 5.16 Å². The number of carbonyl (C=O) groups is 2. The van der Waals surface area contributed by atoms with E-state index in [4.69, 9.17) is 0 Å². The molecule has 0 saturated heterocycles. The van der Waals surface area contributed by atoms with Crippen molar-refractivity contribution in [2.45, 2.75) is 12.1 Å². The summed E-state index contributed by atoms with van der Waals surface area (Å²) < 4.78 is 9.18. The number of esters is 2. The number of rotatable bonds is 5. The van der Waals surface area contributed by atoms with E-state index in [2.05, 4.69) is 26.0 Å². The van der Waals surface area contributed by atoms with Crippen LogP contribution in [-0.2, 0) is 14.3 Å². The SMILES string of the molecule is C=C(C)C(=O)OCOC(=O)c1cnc(SC)[nH]c1=O. The van der Waals surface area contributed by atoms with Crippen molar-refractivity contribution in [3.8, 4) is 0 Å². The van der Waals surface area contributed by atoms with Gasteiger partial charge in [-0.2, -0.15) is 0 Å². The van der Waals surface area contributed by atoms with E-state index in [9.17, 15) is 14.4 Å². The second-order valence-corrected chi connectivity index (χ2v) is 4.19. The van der Waals surface area contributed by atoms with Gasteiger partial charge < -0.3 is 14.5 Å². The highest BCUT2D eigenvalue weighted by molar-refractivity contribution is 7.98. The summed E-state index contributed by atoms with van der Waals surface area (Å²) in [5, 5.41) is 0.384. The molecule has 0 spiro atoms. The van der Waals surface area contributed by atoms with Crippen molar-refractivity contribution in [2.75, 3.05) is 13.0 Å². The van der Waals surface area contributed by atoms with E-state index in [-0.39, 0.29) is 11.1 Å². The molecule has 0 unspecified atom stereocenters.